The molecule has 0 unspecified atom stereocenters. The third-order valence-electron chi connectivity index (χ3n) is 5.24. The van der Waals surface area contributed by atoms with Gasteiger partial charge in [0, 0.05) is 19.5 Å². The van der Waals surface area contributed by atoms with E-state index in [1.54, 1.807) is 32.2 Å². The summed E-state index contributed by atoms with van der Waals surface area (Å²) in [6.07, 6.45) is 1.58. The van der Waals surface area contributed by atoms with Crippen molar-refractivity contribution in [1.82, 2.24) is 9.47 Å². The Bertz CT molecular complexity index is 1270. The first-order chi connectivity index (χ1) is 15.7. The average molecular weight is 484 g/mol. The number of nitriles is 1. The summed E-state index contributed by atoms with van der Waals surface area (Å²) in [5, 5.41) is 19.8. The predicted molar refractivity (Wildman–Crippen MR) is 129 cm³/mol. The highest BCUT2D eigenvalue weighted by Crippen LogP contribution is 2.33. The highest BCUT2D eigenvalue weighted by molar-refractivity contribution is 8.26. The number of pyridine rings is 1. The number of carbonyl (C=O) groups is 2. The summed E-state index contributed by atoms with van der Waals surface area (Å²) >= 11 is 6.47. The second-order valence-corrected chi connectivity index (χ2v) is 8.82. The molecule has 1 amide bonds. The molecule has 170 valence electrons. The van der Waals surface area contributed by atoms with E-state index in [1.165, 1.54) is 11.8 Å². The van der Waals surface area contributed by atoms with Crippen LogP contribution in [-0.4, -0.2) is 44.2 Å². The Morgan fingerprint density at radius 3 is 2.55 bits per heavy atom. The number of hydrogen-bond donors (Lipinski definition) is 1. The van der Waals surface area contributed by atoms with Gasteiger partial charge in [0.1, 0.15) is 21.7 Å². The quantitative estimate of drug-likeness (QED) is 0.363. The SMILES string of the molecule is CCn1c(O)c(C(=O)CCN2C(=O)/C(=C/c3ccc(OC)cc3)SC2=S)c(C)c(C#N)c1=O. The van der Waals surface area contributed by atoms with Crippen LogP contribution in [0, 0.1) is 18.3 Å². The number of benzene rings is 1. The molecule has 0 spiro atoms. The number of Topliss-reactive ketones (excluding diaryl/α,β-unsaturated/α-hetero) is 1. The van der Waals surface area contributed by atoms with Crippen molar-refractivity contribution in [2.75, 3.05) is 13.7 Å². The Hall–Kier alpha value is -3.42. The normalized spacial score (nSPS) is 14.6. The van der Waals surface area contributed by atoms with E-state index in [9.17, 15) is 24.8 Å². The van der Waals surface area contributed by atoms with E-state index in [0.717, 1.165) is 21.9 Å². The monoisotopic (exact) mass is 483 g/mol. The molecular weight excluding hydrogens is 462 g/mol. The van der Waals surface area contributed by atoms with E-state index in [1.807, 2.05) is 18.2 Å². The largest absolute Gasteiger partial charge is 0.497 e. The van der Waals surface area contributed by atoms with Crippen LogP contribution in [0.1, 0.15) is 40.4 Å². The van der Waals surface area contributed by atoms with Crippen LogP contribution in [0.15, 0.2) is 34.0 Å². The van der Waals surface area contributed by atoms with Gasteiger partial charge in [0.2, 0.25) is 5.88 Å². The third kappa shape index (κ3) is 4.69. The van der Waals surface area contributed by atoms with Crippen molar-refractivity contribution < 1.29 is 19.4 Å². The van der Waals surface area contributed by atoms with E-state index in [0.29, 0.717) is 15.0 Å². The lowest BCUT2D eigenvalue weighted by molar-refractivity contribution is -0.122. The van der Waals surface area contributed by atoms with E-state index >= 15 is 0 Å². The van der Waals surface area contributed by atoms with Gasteiger partial charge in [-0.1, -0.05) is 36.1 Å². The van der Waals surface area contributed by atoms with E-state index in [-0.39, 0.29) is 42.1 Å². The van der Waals surface area contributed by atoms with Crippen LogP contribution < -0.4 is 10.3 Å². The number of carbonyl (C=O) groups excluding carboxylic acids is 2. The van der Waals surface area contributed by atoms with E-state index in [4.69, 9.17) is 17.0 Å². The van der Waals surface area contributed by atoms with Gasteiger partial charge >= 0.3 is 0 Å². The van der Waals surface area contributed by atoms with Gasteiger partial charge in [-0.3, -0.25) is 23.9 Å². The van der Waals surface area contributed by atoms with Crippen LogP contribution in [0.2, 0.25) is 0 Å². The van der Waals surface area contributed by atoms with Crippen LogP contribution in [0.3, 0.4) is 0 Å². The van der Waals surface area contributed by atoms with Crippen LogP contribution in [0.4, 0.5) is 0 Å². The van der Waals surface area contributed by atoms with Crippen molar-refractivity contribution in [3.05, 3.63) is 61.8 Å². The predicted octanol–water partition coefficient (Wildman–Crippen LogP) is 3.24. The Labute approximate surface area is 200 Å². The summed E-state index contributed by atoms with van der Waals surface area (Å²) in [6, 6.07) is 9.00. The van der Waals surface area contributed by atoms with Gasteiger partial charge in [-0.05, 0) is 43.2 Å². The third-order valence-corrected chi connectivity index (χ3v) is 6.62. The molecule has 1 aliphatic rings. The first-order valence-electron chi connectivity index (χ1n) is 10.0. The van der Waals surface area contributed by atoms with Crippen LogP contribution >= 0.6 is 24.0 Å². The molecule has 1 aliphatic heterocycles. The lowest BCUT2D eigenvalue weighted by Gasteiger charge is -2.16. The van der Waals surface area contributed by atoms with Gasteiger partial charge in [0.15, 0.2) is 5.78 Å². The number of thioether (sulfide) groups is 1. The average Bonchev–Trinajstić information content (AvgIpc) is 3.05. The lowest BCUT2D eigenvalue weighted by Crippen LogP contribution is -2.31. The van der Waals surface area contributed by atoms with E-state index in [2.05, 4.69) is 0 Å². The van der Waals surface area contributed by atoms with Gasteiger partial charge < -0.3 is 9.84 Å². The molecule has 0 saturated carbocycles. The number of aromatic hydroxyl groups is 1. The number of ketones is 1. The fraction of sp³-hybridized carbons (Fsp3) is 0.261. The zero-order chi connectivity index (χ0) is 24.3. The lowest BCUT2D eigenvalue weighted by atomic mass is 10.00. The molecule has 1 aromatic heterocycles. The first-order valence-corrected chi connectivity index (χ1v) is 11.2. The topological polar surface area (TPSA) is 113 Å². The van der Waals surface area contributed by atoms with Crippen molar-refractivity contribution in [2.45, 2.75) is 26.8 Å². The van der Waals surface area contributed by atoms with Crippen molar-refractivity contribution in [1.29, 1.82) is 5.26 Å². The number of amides is 1. The summed E-state index contributed by atoms with van der Waals surface area (Å²) in [7, 11) is 1.57. The van der Waals surface area contributed by atoms with E-state index < -0.39 is 17.2 Å². The maximum Gasteiger partial charge on any atom is 0.271 e. The molecule has 0 bridgehead atoms. The smallest absolute Gasteiger partial charge is 0.271 e. The first kappa shape index (κ1) is 24.2. The van der Waals surface area contributed by atoms with Gasteiger partial charge in [-0.2, -0.15) is 5.26 Å². The summed E-state index contributed by atoms with van der Waals surface area (Å²) in [5.74, 6) is -0.581. The summed E-state index contributed by atoms with van der Waals surface area (Å²) in [4.78, 5) is 39.9. The summed E-state index contributed by atoms with van der Waals surface area (Å²) < 4.78 is 6.44. The number of methoxy groups -OCH3 is 1. The zero-order valence-corrected chi connectivity index (χ0v) is 19.9. The molecule has 0 radical (unpaired) electrons. The van der Waals surface area contributed by atoms with Crippen molar-refractivity contribution in [3.63, 3.8) is 0 Å². The molecule has 2 heterocycles. The molecule has 33 heavy (non-hydrogen) atoms. The minimum absolute atomic E-state index is 0.00940. The van der Waals surface area contributed by atoms with Crippen molar-refractivity contribution in [3.8, 4) is 17.7 Å². The molecular formula is C23H21N3O5S2. The van der Waals surface area contributed by atoms with Gasteiger partial charge in [-0.15, -0.1) is 0 Å². The van der Waals surface area contributed by atoms with Crippen LogP contribution in [0.25, 0.3) is 6.08 Å². The maximum atomic E-state index is 12.9. The minimum atomic E-state index is -0.646. The van der Waals surface area contributed by atoms with Gasteiger partial charge in [0.25, 0.3) is 11.5 Å². The Morgan fingerprint density at radius 1 is 1.30 bits per heavy atom. The number of aromatic nitrogens is 1. The fourth-order valence-electron chi connectivity index (χ4n) is 3.46. The Kier molecular flexibility index (Phi) is 7.36. The number of nitrogens with zero attached hydrogens (tertiary/aromatic N) is 3. The number of hydrogen-bond acceptors (Lipinski definition) is 8. The zero-order valence-electron chi connectivity index (χ0n) is 18.2. The molecule has 1 aromatic carbocycles. The standard InChI is InChI=1S/C23H21N3O5S2/c1-4-25-20(28)16(12-24)13(2)19(22(25)30)17(27)9-10-26-21(29)18(33-23(26)32)11-14-5-7-15(31-3)8-6-14/h5-8,11,30H,4,9-10H2,1-3H3/b18-11-. The summed E-state index contributed by atoms with van der Waals surface area (Å²) in [6.45, 7) is 3.19. The number of ether oxygens (including phenoxy) is 1. The van der Waals surface area contributed by atoms with Crippen LogP contribution in [-0.2, 0) is 11.3 Å². The molecule has 2 aromatic rings. The molecule has 0 aliphatic carbocycles. The Morgan fingerprint density at radius 2 is 1.97 bits per heavy atom. The number of rotatable bonds is 7. The number of thiocarbonyl (C=S) groups is 1. The van der Waals surface area contributed by atoms with Gasteiger partial charge in [0.05, 0.1) is 17.6 Å². The maximum absolute atomic E-state index is 12.9. The summed E-state index contributed by atoms with van der Waals surface area (Å²) in [5.41, 5.74) is 0.00341. The second-order valence-electron chi connectivity index (χ2n) is 7.14. The molecule has 1 fully saturated rings. The highest BCUT2D eigenvalue weighted by atomic mass is 32.2. The molecule has 1 saturated heterocycles. The Balaban J connectivity index is 1.80. The molecule has 1 N–H and O–H groups in total. The van der Waals surface area contributed by atoms with Crippen molar-refractivity contribution >= 4 is 46.1 Å². The fourth-order valence-corrected chi connectivity index (χ4v) is 4.77. The van der Waals surface area contributed by atoms with Gasteiger partial charge in [-0.25, -0.2) is 0 Å². The molecule has 0 atom stereocenters. The van der Waals surface area contributed by atoms with Crippen LogP contribution in [0.5, 0.6) is 11.6 Å². The molecule has 8 nitrogen and oxygen atoms in total. The molecule has 3 rings (SSSR count). The highest BCUT2D eigenvalue weighted by Gasteiger charge is 2.33. The molecule has 10 heteroatoms. The van der Waals surface area contributed by atoms with Crippen molar-refractivity contribution in [2.24, 2.45) is 0 Å². The minimum Gasteiger partial charge on any atom is -0.497 e. The second kappa shape index (κ2) is 10.0.